The molecule has 0 bridgehead atoms. The molecule has 2 aliphatic rings. The van der Waals surface area contributed by atoms with Gasteiger partial charge in [0.25, 0.3) is 5.69 Å². The molecule has 0 aromatic heterocycles. The molecule has 0 radical (unpaired) electrons. The molecule has 136 valence electrons. The molecule has 1 aromatic carbocycles. The third-order valence-corrected chi connectivity index (χ3v) is 4.67. The van der Waals surface area contributed by atoms with Crippen molar-refractivity contribution in [2.24, 2.45) is 0 Å². The number of nitrogens with zero attached hydrogens (tertiary/aromatic N) is 3. The fourth-order valence-electron chi connectivity index (χ4n) is 3.35. The fraction of sp³-hybridized carbons (Fsp3) is 0.562. The monoisotopic (exact) mass is 350 g/mol. The largest absolute Gasteiger partial charge is 0.465 e. The maximum Gasteiger partial charge on any atom is 0.407 e. The molecule has 2 heterocycles. The Kier molecular flexibility index (Phi) is 5.34. The summed E-state index contributed by atoms with van der Waals surface area (Å²) >= 11 is 0. The molecule has 0 spiro atoms. The predicted molar refractivity (Wildman–Crippen MR) is 91.0 cm³/mol. The molecule has 1 aromatic rings. The SMILES string of the molecule is O=C(O)N1CCC(NCc2cccc(N3CCOCC3)c2[N+](=O)[O-])C1. The number of nitrogens with one attached hydrogen (secondary N) is 1. The van der Waals surface area contributed by atoms with Gasteiger partial charge in [-0.3, -0.25) is 10.1 Å². The average molecular weight is 350 g/mol. The van der Waals surface area contributed by atoms with Crippen LogP contribution in [-0.2, 0) is 11.3 Å². The second kappa shape index (κ2) is 7.66. The van der Waals surface area contributed by atoms with Gasteiger partial charge in [-0.2, -0.15) is 0 Å². The highest BCUT2D eigenvalue weighted by atomic mass is 16.6. The van der Waals surface area contributed by atoms with Crippen molar-refractivity contribution >= 4 is 17.5 Å². The summed E-state index contributed by atoms with van der Waals surface area (Å²) in [5, 5.41) is 23.9. The normalized spacial score (nSPS) is 20.7. The van der Waals surface area contributed by atoms with Gasteiger partial charge >= 0.3 is 6.09 Å². The minimum absolute atomic E-state index is 0.0164. The maximum atomic E-state index is 11.7. The van der Waals surface area contributed by atoms with Gasteiger partial charge in [0, 0.05) is 44.3 Å². The number of hydrogen-bond acceptors (Lipinski definition) is 6. The van der Waals surface area contributed by atoms with E-state index in [1.807, 2.05) is 11.0 Å². The molecular weight excluding hydrogens is 328 g/mol. The number of nitro benzene ring substituents is 1. The number of carboxylic acid groups (broad SMARTS) is 1. The van der Waals surface area contributed by atoms with Gasteiger partial charge < -0.3 is 25.0 Å². The summed E-state index contributed by atoms with van der Waals surface area (Å²) < 4.78 is 5.32. The van der Waals surface area contributed by atoms with Gasteiger partial charge in [0.1, 0.15) is 5.69 Å². The van der Waals surface area contributed by atoms with Gasteiger partial charge in [-0.25, -0.2) is 4.79 Å². The zero-order chi connectivity index (χ0) is 17.8. The first-order chi connectivity index (χ1) is 12.1. The number of rotatable bonds is 5. The minimum Gasteiger partial charge on any atom is -0.465 e. The van der Waals surface area contributed by atoms with E-state index in [0.717, 1.165) is 0 Å². The van der Waals surface area contributed by atoms with Crippen LogP contribution in [0.1, 0.15) is 12.0 Å². The standard InChI is InChI=1S/C16H22N4O5/c21-16(22)19-5-4-13(11-19)17-10-12-2-1-3-14(15(12)20(23)24)18-6-8-25-9-7-18/h1-3,13,17H,4-11H2,(H,21,22). The second-order valence-corrected chi connectivity index (χ2v) is 6.24. The van der Waals surface area contributed by atoms with Crippen molar-refractivity contribution in [1.29, 1.82) is 0 Å². The van der Waals surface area contributed by atoms with E-state index < -0.39 is 6.09 Å². The van der Waals surface area contributed by atoms with E-state index in [0.29, 0.717) is 63.6 Å². The number of nitro groups is 1. The smallest absolute Gasteiger partial charge is 0.407 e. The van der Waals surface area contributed by atoms with Crippen LogP contribution in [0, 0.1) is 10.1 Å². The van der Waals surface area contributed by atoms with Crippen LogP contribution in [0.4, 0.5) is 16.2 Å². The topological polar surface area (TPSA) is 108 Å². The maximum absolute atomic E-state index is 11.7. The summed E-state index contributed by atoms with van der Waals surface area (Å²) in [6.07, 6.45) is -0.215. The highest BCUT2D eigenvalue weighted by Gasteiger charge is 2.28. The lowest BCUT2D eigenvalue weighted by molar-refractivity contribution is -0.384. The Morgan fingerprint density at radius 1 is 1.36 bits per heavy atom. The highest BCUT2D eigenvalue weighted by Crippen LogP contribution is 2.32. The minimum atomic E-state index is -0.926. The van der Waals surface area contributed by atoms with Gasteiger partial charge in [0.2, 0.25) is 0 Å². The van der Waals surface area contributed by atoms with Gasteiger partial charge in [-0.1, -0.05) is 12.1 Å². The number of morpholine rings is 1. The Labute approximate surface area is 145 Å². The van der Waals surface area contributed by atoms with Gasteiger partial charge in [0.05, 0.1) is 18.1 Å². The molecular formula is C16H22N4O5. The van der Waals surface area contributed by atoms with Crippen molar-refractivity contribution in [1.82, 2.24) is 10.2 Å². The van der Waals surface area contributed by atoms with Crippen molar-refractivity contribution in [2.45, 2.75) is 19.0 Å². The lowest BCUT2D eigenvalue weighted by Gasteiger charge is -2.29. The quantitative estimate of drug-likeness (QED) is 0.608. The lowest BCUT2D eigenvalue weighted by atomic mass is 10.1. The fourth-order valence-corrected chi connectivity index (χ4v) is 3.35. The van der Waals surface area contributed by atoms with Crippen LogP contribution in [0.3, 0.4) is 0 Å². The van der Waals surface area contributed by atoms with Crippen LogP contribution < -0.4 is 10.2 Å². The Hall–Kier alpha value is -2.39. The van der Waals surface area contributed by atoms with E-state index >= 15 is 0 Å². The first-order valence-electron chi connectivity index (χ1n) is 8.36. The first-order valence-corrected chi connectivity index (χ1v) is 8.36. The molecule has 3 rings (SSSR count). The van der Waals surface area contributed by atoms with Crippen molar-refractivity contribution < 1.29 is 19.6 Å². The van der Waals surface area contributed by atoms with Gasteiger partial charge in [-0.15, -0.1) is 0 Å². The number of hydrogen-bond donors (Lipinski definition) is 2. The predicted octanol–water partition coefficient (Wildman–Crippen LogP) is 1.27. The summed E-state index contributed by atoms with van der Waals surface area (Å²) in [7, 11) is 0. The van der Waals surface area contributed by atoms with E-state index in [9.17, 15) is 14.9 Å². The molecule has 1 amide bonds. The number of amides is 1. The number of ether oxygens (including phenoxy) is 1. The van der Waals surface area contributed by atoms with Crippen LogP contribution in [0.25, 0.3) is 0 Å². The third-order valence-electron chi connectivity index (χ3n) is 4.67. The summed E-state index contributed by atoms with van der Waals surface area (Å²) in [5.74, 6) is 0. The Bertz CT molecular complexity index is 647. The molecule has 9 nitrogen and oxygen atoms in total. The summed E-state index contributed by atoms with van der Waals surface area (Å²) in [4.78, 5) is 25.6. The average Bonchev–Trinajstić information content (AvgIpc) is 3.09. The molecule has 25 heavy (non-hydrogen) atoms. The Morgan fingerprint density at radius 2 is 2.12 bits per heavy atom. The molecule has 9 heteroatoms. The van der Waals surface area contributed by atoms with Crippen LogP contribution in [0.2, 0.25) is 0 Å². The van der Waals surface area contributed by atoms with Crippen molar-refractivity contribution in [3.63, 3.8) is 0 Å². The van der Waals surface area contributed by atoms with Crippen LogP contribution >= 0.6 is 0 Å². The summed E-state index contributed by atoms with van der Waals surface area (Å²) in [5.41, 5.74) is 1.35. The number of para-hydroxylation sites is 1. The number of anilines is 1. The van der Waals surface area contributed by atoms with Crippen molar-refractivity contribution in [2.75, 3.05) is 44.3 Å². The van der Waals surface area contributed by atoms with Crippen molar-refractivity contribution in [3.05, 3.63) is 33.9 Å². The van der Waals surface area contributed by atoms with E-state index in [2.05, 4.69) is 5.32 Å². The van der Waals surface area contributed by atoms with E-state index in [4.69, 9.17) is 9.84 Å². The third kappa shape index (κ3) is 3.99. The van der Waals surface area contributed by atoms with Crippen LogP contribution in [-0.4, -0.2) is 66.5 Å². The lowest BCUT2D eigenvalue weighted by Crippen LogP contribution is -2.37. The summed E-state index contributed by atoms with van der Waals surface area (Å²) in [6.45, 7) is 3.63. The zero-order valence-electron chi connectivity index (χ0n) is 13.9. The Balaban J connectivity index is 1.72. The number of likely N-dealkylation sites (tertiary alicyclic amines) is 1. The summed E-state index contributed by atoms with van der Waals surface area (Å²) in [6, 6.07) is 5.36. The Morgan fingerprint density at radius 3 is 2.76 bits per heavy atom. The second-order valence-electron chi connectivity index (χ2n) is 6.24. The molecule has 1 atom stereocenters. The zero-order valence-corrected chi connectivity index (χ0v) is 13.9. The molecule has 2 saturated heterocycles. The molecule has 2 fully saturated rings. The van der Waals surface area contributed by atoms with E-state index in [1.165, 1.54) is 4.90 Å². The van der Waals surface area contributed by atoms with Crippen molar-refractivity contribution in [3.8, 4) is 0 Å². The molecule has 0 saturated carbocycles. The number of carbonyl (C=O) groups is 1. The highest BCUT2D eigenvalue weighted by molar-refractivity contribution is 5.67. The van der Waals surface area contributed by atoms with Gasteiger partial charge in [-0.05, 0) is 12.5 Å². The number of benzene rings is 1. The molecule has 1 unspecified atom stereocenters. The van der Waals surface area contributed by atoms with Gasteiger partial charge in [0.15, 0.2) is 0 Å². The van der Waals surface area contributed by atoms with E-state index in [-0.39, 0.29) is 16.7 Å². The molecule has 2 aliphatic heterocycles. The van der Waals surface area contributed by atoms with Crippen LogP contribution in [0.5, 0.6) is 0 Å². The molecule has 2 N–H and O–H groups in total. The molecule has 0 aliphatic carbocycles. The van der Waals surface area contributed by atoms with Crippen LogP contribution in [0.15, 0.2) is 18.2 Å². The first kappa shape index (κ1) is 17.4. The van der Waals surface area contributed by atoms with E-state index in [1.54, 1.807) is 12.1 Å².